The Morgan fingerprint density at radius 3 is 2.51 bits per heavy atom. The third-order valence-corrected chi connectivity index (χ3v) is 7.61. The zero-order valence-corrected chi connectivity index (χ0v) is 21.1. The van der Waals surface area contributed by atoms with Gasteiger partial charge < -0.3 is 15.0 Å². The second kappa shape index (κ2) is 9.82. The Morgan fingerprint density at radius 1 is 1.16 bits per heavy atom. The van der Waals surface area contributed by atoms with Gasteiger partial charge in [0, 0.05) is 43.5 Å². The lowest BCUT2D eigenvalue weighted by Crippen LogP contribution is -2.35. The van der Waals surface area contributed by atoms with E-state index in [1.807, 2.05) is 23.7 Å². The molecule has 37 heavy (non-hydrogen) atoms. The third kappa shape index (κ3) is 4.51. The van der Waals surface area contributed by atoms with Crippen LogP contribution in [0.15, 0.2) is 59.7 Å². The first kappa shape index (κ1) is 24.7. The first-order valence-electron chi connectivity index (χ1n) is 12.4. The molecule has 1 aliphatic rings. The number of hydrogen-bond donors (Lipinski definition) is 2. The first-order chi connectivity index (χ1) is 17.8. The standard InChI is InChI=1S/C28H30FN5O3/c1-17(33-12-9-19(10-13-33)18-4-6-20(7-5-18)28(36)37)25-14-21-24(8-11-31-27(21)32(25)3)34-16-22(29)23(30-2)15-26(34)35/h4-8,11,14-17,19,30H,9-10,12-13H2,1-3H3,(H,36,37)/t17-/m0/s1. The normalized spacial score (nSPS) is 15.7. The van der Waals surface area contributed by atoms with Crippen LogP contribution in [0, 0.1) is 5.82 Å². The second-order valence-electron chi connectivity index (χ2n) is 9.60. The van der Waals surface area contributed by atoms with Crippen LogP contribution in [-0.4, -0.2) is 50.2 Å². The number of carbonyl (C=O) groups is 1. The zero-order valence-electron chi connectivity index (χ0n) is 21.1. The highest BCUT2D eigenvalue weighted by Gasteiger charge is 2.27. The minimum Gasteiger partial charge on any atom is -0.478 e. The fourth-order valence-electron chi connectivity index (χ4n) is 5.43. The molecule has 1 aliphatic heterocycles. The summed E-state index contributed by atoms with van der Waals surface area (Å²) >= 11 is 0. The van der Waals surface area contributed by atoms with Crippen molar-refractivity contribution < 1.29 is 14.3 Å². The van der Waals surface area contributed by atoms with Crippen LogP contribution in [0.3, 0.4) is 0 Å². The van der Waals surface area contributed by atoms with E-state index in [1.165, 1.54) is 22.4 Å². The van der Waals surface area contributed by atoms with Gasteiger partial charge in [-0.1, -0.05) is 12.1 Å². The molecule has 4 aromatic rings. The van der Waals surface area contributed by atoms with Crippen molar-refractivity contribution in [2.45, 2.75) is 31.7 Å². The van der Waals surface area contributed by atoms with E-state index in [9.17, 15) is 14.0 Å². The Balaban J connectivity index is 1.39. The second-order valence-corrected chi connectivity index (χ2v) is 9.60. The number of aromatic nitrogens is 3. The van der Waals surface area contributed by atoms with Gasteiger partial charge in [0.05, 0.1) is 23.1 Å². The zero-order chi connectivity index (χ0) is 26.3. The summed E-state index contributed by atoms with van der Waals surface area (Å²) in [6.45, 7) is 3.98. The van der Waals surface area contributed by atoms with Gasteiger partial charge >= 0.3 is 5.97 Å². The molecule has 0 spiro atoms. The van der Waals surface area contributed by atoms with E-state index in [-0.39, 0.29) is 17.3 Å². The number of piperidine rings is 1. The lowest BCUT2D eigenvalue weighted by Gasteiger charge is -2.36. The molecule has 0 bridgehead atoms. The maximum atomic E-state index is 14.5. The maximum absolute atomic E-state index is 14.5. The number of aromatic carboxylic acids is 1. The Labute approximate surface area is 214 Å². The van der Waals surface area contributed by atoms with E-state index in [4.69, 9.17) is 5.11 Å². The fraction of sp³-hybridized carbons (Fsp3) is 0.321. The summed E-state index contributed by atoms with van der Waals surface area (Å²) in [6.07, 6.45) is 4.82. The number of fused-ring (bicyclic) bond motifs is 1. The minimum absolute atomic E-state index is 0.113. The van der Waals surface area contributed by atoms with E-state index in [2.05, 4.69) is 28.2 Å². The highest BCUT2D eigenvalue weighted by molar-refractivity contribution is 5.87. The van der Waals surface area contributed by atoms with Gasteiger partial charge in [-0.2, -0.15) is 0 Å². The SMILES string of the molecule is CNc1cc(=O)n(-c2ccnc3c2cc([C@H](C)N2CCC(c4ccc(C(=O)O)cc4)CC2)n3C)cc1F. The molecule has 1 fully saturated rings. The van der Waals surface area contributed by atoms with Crippen molar-refractivity contribution in [1.29, 1.82) is 0 Å². The lowest BCUT2D eigenvalue weighted by molar-refractivity contribution is 0.0697. The van der Waals surface area contributed by atoms with E-state index in [0.29, 0.717) is 17.2 Å². The highest BCUT2D eigenvalue weighted by atomic mass is 19.1. The predicted octanol–water partition coefficient (Wildman–Crippen LogP) is 4.54. The fourth-order valence-corrected chi connectivity index (χ4v) is 5.43. The summed E-state index contributed by atoms with van der Waals surface area (Å²) in [5.74, 6) is -1.01. The van der Waals surface area contributed by atoms with E-state index < -0.39 is 11.8 Å². The summed E-state index contributed by atoms with van der Waals surface area (Å²) in [6, 6.07) is 12.4. The van der Waals surface area contributed by atoms with E-state index in [0.717, 1.165) is 42.7 Å². The molecule has 0 unspecified atom stereocenters. The molecular weight excluding hydrogens is 473 g/mol. The quantitative estimate of drug-likeness (QED) is 0.401. The van der Waals surface area contributed by atoms with Crippen LogP contribution in [-0.2, 0) is 7.05 Å². The molecule has 0 saturated carbocycles. The predicted molar refractivity (Wildman–Crippen MR) is 141 cm³/mol. The molecule has 1 atom stereocenters. The molecule has 0 radical (unpaired) electrons. The van der Waals surface area contributed by atoms with Crippen LogP contribution in [0.2, 0.25) is 0 Å². The molecule has 1 aromatic carbocycles. The first-order valence-corrected chi connectivity index (χ1v) is 12.4. The van der Waals surface area contributed by atoms with Crippen LogP contribution in [0.1, 0.15) is 53.3 Å². The molecule has 4 heterocycles. The number of benzene rings is 1. The molecule has 1 saturated heterocycles. The average Bonchev–Trinajstić information content (AvgIpc) is 3.26. The van der Waals surface area contributed by atoms with Gasteiger partial charge in [0.2, 0.25) is 0 Å². The summed E-state index contributed by atoms with van der Waals surface area (Å²) < 4.78 is 17.9. The number of halogens is 1. The molecule has 5 rings (SSSR count). The Hall–Kier alpha value is -3.98. The number of hydrogen-bond acceptors (Lipinski definition) is 5. The lowest BCUT2D eigenvalue weighted by atomic mass is 9.88. The summed E-state index contributed by atoms with van der Waals surface area (Å²) in [5.41, 5.74) is 3.72. The van der Waals surface area contributed by atoms with E-state index in [1.54, 1.807) is 31.4 Å². The van der Waals surface area contributed by atoms with Gasteiger partial charge in [-0.3, -0.25) is 14.3 Å². The van der Waals surface area contributed by atoms with Gasteiger partial charge in [-0.05, 0) is 68.6 Å². The summed E-state index contributed by atoms with van der Waals surface area (Å²) in [5, 5.41) is 12.6. The van der Waals surface area contributed by atoms with Crippen molar-refractivity contribution in [3.05, 3.63) is 87.9 Å². The van der Waals surface area contributed by atoms with Crippen molar-refractivity contribution in [2.24, 2.45) is 7.05 Å². The largest absolute Gasteiger partial charge is 0.478 e. The smallest absolute Gasteiger partial charge is 0.335 e. The number of aryl methyl sites for hydroxylation is 1. The van der Waals surface area contributed by atoms with Gasteiger partial charge in [0.15, 0.2) is 5.82 Å². The van der Waals surface area contributed by atoms with E-state index >= 15 is 0 Å². The van der Waals surface area contributed by atoms with Crippen LogP contribution in [0.5, 0.6) is 0 Å². The molecule has 8 nitrogen and oxygen atoms in total. The van der Waals surface area contributed by atoms with Crippen molar-refractivity contribution in [2.75, 3.05) is 25.5 Å². The minimum atomic E-state index is -0.909. The number of nitrogens with zero attached hydrogens (tertiary/aromatic N) is 4. The number of rotatable bonds is 6. The summed E-state index contributed by atoms with van der Waals surface area (Å²) in [7, 11) is 3.55. The number of nitrogens with one attached hydrogen (secondary N) is 1. The van der Waals surface area contributed by atoms with Crippen molar-refractivity contribution in [3.63, 3.8) is 0 Å². The molecule has 3 aromatic heterocycles. The van der Waals surface area contributed by atoms with Crippen molar-refractivity contribution in [3.8, 4) is 5.69 Å². The monoisotopic (exact) mass is 503 g/mol. The molecule has 2 N–H and O–H groups in total. The van der Waals surface area contributed by atoms with Crippen molar-refractivity contribution >= 4 is 22.7 Å². The number of carboxylic acid groups (broad SMARTS) is 1. The van der Waals surface area contributed by atoms with Gasteiger partial charge in [0.1, 0.15) is 5.65 Å². The van der Waals surface area contributed by atoms with Gasteiger partial charge in [0.25, 0.3) is 5.56 Å². The summed E-state index contributed by atoms with van der Waals surface area (Å²) in [4.78, 5) is 30.9. The Bertz CT molecular complexity index is 1520. The van der Waals surface area contributed by atoms with Crippen LogP contribution >= 0.6 is 0 Å². The van der Waals surface area contributed by atoms with Gasteiger partial charge in [-0.25, -0.2) is 14.2 Å². The Morgan fingerprint density at radius 2 is 1.86 bits per heavy atom. The molecule has 0 aliphatic carbocycles. The molecule has 9 heteroatoms. The van der Waals surface area contributed by atoms with Crippen LogP contribution in [0.25, 0.3) is 16.7 Å². The maximum Gasteiger partial charge on any atom is 0.335 e. The van der Waals surface area contributed by atoms with Crippen molar-refractivity contribution in [1.82, 2.24) is 19.0 Å². The number of anilines is 1. The third-order valence-electron chi connectivity index (χ3n) is 7.61. The number of likely N-dealkylation sites (tertiary alicyclic amines) is 1. The van der Waals surface area contributed by atoms with Crippen LogP contribution < -0.4 is 10.9 Å². The number of pyridine rings is 2. The topological polar surface area (TPSA) is 92.4 Å². The van der Waals surface area contributed by atoms with Crippen LogP contribution in [0.4, 0.5) is 10.1 Å². The van der Waals surface area contributed by atoms with Gasteiger partial charge in [-0.15, -0.1) is 0 Å². The molecule has 192 valence electrons. The highest BCUT2D eigenvalue weighted by Crippen LogP contribution is 2.34. The average molecular weight is 504 g/mol. The number of carboxylic acids is 1. The Kier molecular flexibility index (Phi) is 6.55. The molecule has 0 amide bonds. The molecular formula is C28H30FN5O3.